The molecule has 0 radical (unpaired) electrons. The monoisotopic (exact) mass is 377 g/mol. The van der Waals surface area contributed by atoms with Gasteiger partial charge in [-0.05, 0) is 43.2 Å². The molecule has 1 aliphatic heterocycles. The van der Waals surface area contributed by atoms with E-state index in [0.717, 1.165) is 43.9 Å². The van der Waals surface area contributed by atoms with E-state index in [1.165, 1.54) is 16.8 Å². The second-order valence-corrected chi connectivity index (χ2v) is 7.37. The Hall–Kier alpha value is -3.02. The van der Waals surface area contributed by atoms with Gasteiger partial charge in [-0.3, -0.25) is 0 Å². The number of amides is 2. The van der Waals surface area contributed by atoms with E-state index in [9.17, 15) is 4.79 Å². The zero-order valence-corrected chi connectivity index (χ0v) is 16.6. The first-order valence-corrected chi connectivity index (χ1v) is 9.88. The summed E-state index contributed by atoms with van der Waals surface area (Å²) in [6.07, 6.45) is 4.74. The van der Waals surface area contributed by atoms with E-state index in [4.69, 9.17) is 0 Å². The molecule has 28 heavy (non-hydrogen) atoms. The summed E-state index contributed by atoms with van der Waals surface area (Å²) >= 11 is 0. The van der Waals surface area contributed by atoms with Gasteiger partial charge in [-0.15, -0.1) is 0 Å². The molecule has 1 saturated heterocycles. The van der Waals surface area contributed by atoms with Crippen molar-refractivity contribution < 1.29 is 4.79 Å². The number of rotatable bonds is 4. The van der Waals surface area contributed by atoms with Crippen LogP contribution in [0.25, 0.3) is 5.65 Å². The molecule has 2 amide bonds. The highest BCUT2D eigenvalue weighted by Gasteiger charge is 2.22. The summed E-state index contributed by atoms with van der Waals surface area (Å²) in [5.41, 5.74) is 5.85. The summed E-state index contributed by atoms with van der Waals surface area (Å²) < 4.78 is 2.00. The second kappa shape index (κ2) is 7.92. The van der Waals surface area contributed by atoms with E-state index in [0.29, 0.717) is 6.54 Å². The predicted molar refractivity (Wildman–Crippen MR) is 112 cm³/mol. The van der Waals surface area contributed by atoms with Crippen molar-refractivity contribution in [2.45, 2.75) is 20.3 Å². The van der Waals surface area contributed by atoms with Crippen LogP contribution < -0.4 is 10.2 Å². The lowest BCUT2D eigenvalue weighted by atomic mass is 10.1. The predicted octanol–water partition coefficient (Wildman–Crippen LogP) is 3.03. The first-order chi connectivity index (χ1) is 13.6. The van der Waals surface area contributed by atoms with Gasteiger partial charge in [0.15, 0.2) is 0 Å². The van der Waals surface area contributed by atoms with Gasteiger partial charge in [-0.1, -0.05) is 18.2 Å². The van der Waals surface area contributed by atoms with Crippen LogP contribution >= 0.6 is 0 Å². The number of benzene rings is 1. The zero-order chi connectivity index (χ0) is 19.5. The van der Waals surface area contributed by atoms with Crippen LogP contribution in [0.3, 0.4) is 0 Å². The molecule has 0 bridgehead atoms. The van der Waals surface area contributed by atoms with Crippen molar-refractivity contribution in [1.29, 1.82) is 0 Å². The molecule has 1 aliphatic rings. The van der Waals surface area contributed by atoms with E-state index >= 15 is 0 Å². The smallest absolute Gasteiger partial charge is 0.317 e. The van der Waals surface area contributed by atoms with Crippen molar-refractivity contribution in [2.75, 3.05) is 37.6 Å². The molecular weight excluding hydrogens is 350 g/mol. The maximum atomic E-state index is 12.5. The fraction of sp³-hybridized carbons (Fsp3) is 0.364. The summed E-state index contributed by atoms with van der Waals surface area (Å²) in [5, 5.41) is 3.04. The molecule has 0 atom stereocenters. The first kappa shape index (κ1) is 18.3. The number of hydrogen-bond acceptors (Lipinski definition) is 3. The van der Waals surface area contributed by atoms with Gasteiger partial charge in [-0.2, -0.15) is 0 Å². The molecule has 2 aromatic heterocycles. The summed E-state index contributed by atoms with van der Waals surface area (Å²) in [6, 6.07) is 12.4. The number of nitrogens with zero attached hydrogens (tertiary/aromatic N) is 4. The summed E-state index contributed by atoms with van der Waals surface area (Å²) in [7, 11) is 0. The van der Waals surface area contributed by atoms with Crippen LogP contribution in [0.1, 0.15) is 16.8 Å². The van der Waals surface area contributed by atoms with Crippen molar-refractivity contribution >= 4 is 17.4 Å². The number of aromatic nitrogens is 2. The molecule has 0 aliphatic carbocycles. The topological polar surface area (TPSA) is 52.9 Å². The molecular formula is C22H27N5O. The van der Waals surface area contributed by atoms with Crippen molar-refractivity contribution in [3.05, 3.63) is 65.6 Å². The van der Waals surface area contributed by atoms with E-state index in [1.54, 1.807) is 0 Å². The highest BCUT2D eigenvalue weighted by molar-refractivity contribution is 5.74. The zero-order valence-electron chi connectivity index (χ0n) is 16.6. The third-order valence-corrected chi connectivity index (χ3v) is 5.55. The number of piperazine rings is 1. The molecule has 4 rings (SSSR count). The minimum absolute atomic E-state index is 0.0179. The fourth-order valence-electron chi connectivity index (χ4n) is 3.75. The minimum atomic E-state index is 0.0179. The van der Waals surface area contributed by atoms with Gasteiger partial charge in [0.2, 0.25) is 0 Å². The van der Waals surface area contributed by atoms with Gasteiger partial charge >= 0.3 is 6.03 Å². The molecule has 0 unspecified atom stereocenters. The lowest BCUT2D eigenvalue weighted by Gasteiger charge is -2.37. The van der Waals surface area contributed by atoms with Gasteiger partial charge in [0, 0.05) is 57.2 Å². The Morgan fingerprint density at radius 3 is 2.68 bits per heavy atom. The molecule has 1 aromatic carbocycles. The molecule has 146 valence electrons. The number of aryl methyl sites for hydroxylation is 1. The second-order valence-electron chi connectivity index (χ2n) is 7.37. The minimum Gasteiger partial charge on any atom is -0.368 e. The third-order valence-electron chi connectivity index (χ3n) is 5.55. The maximum absolute atomic E-state index is 12.5. The van der Waals surface area contributed by atoms with Crippen molar-refractivity contribution in [2.24, 2.45) is 0 Å². The third kappa shape index (κ3) is 3.81. The van der Waals surface area contributed by atoms with Crippen LogP contribution in [-0.2, 0) is 6.42 Å². The maximum Gasteiger partial charge on any atom is 0.317 e. The fourth-order valence-corrected chi connectivity index (χ4v) is 3.75. The van der Waals surface area contributed by atoms with Crippen LogP contribution in [-0.4, -0.2) is 53.0 Å². The van der Waals surface area contributed by atoms with E-state index in [-0.39, 0.29) is 6.03 Å². The molecule has 1 fully saturated rings. The van der Waals surface area contributed by atoms with Crippen LogP contribution in [0.2, 0.25) is 0 Å². The number of carbonyl (C=O) groups is 1. The van der Waals surface area contributed by atoms with Crippen LogP contribution in [0.4, 0.5) is 10.5 Å². The van der Waals surface area contributed by atoms with Crippen molar-refractivity contribution in [3.8, 4) is 0 Å². The number of hydrogen-bond donors (Lipinski definition) is 1. The number of carbonyl (C=O) groups excluding carboxylic acids is 1. The SMILES string of the molecule is Cc1cccc(N2CCN(C(=O)NCCc3cn4ccccc4n3)CC2)c1C. The molecule has 3 heterocycles. The average molecular weight is 377 g/mol. The Morgan fingerprint density at radius 1 is 1.07 bits per heavy atom. The van der Waals surface area contributed by atoms with Crippen LogP contribution in [0, 0.1) is 13.8 Å². The summed E-state index contributed by atoms with van der Waals surface area (Å²) in [4.78, 5) is 21.4. The Morgan fingerprint density at radius 2 is 1.89 bits per heavy atom. The number of urea groups is 1. The highest BCUT2D eigenvalue weighted by atomic mass is 16.2. The normalized spacial score (nSPS) is 14.5. The van der Waals surface area contributed by atoms with E-state index in [1.807, 2.05) is 39.9 Å². The van der Waals surface area contributed by atoms with Gasteiger partial charge in [0.25, 0.3) is 0 Å². The molecule has 6 nitrogen and oxygen atoms in total. The standard InChI is InChI=1S/C22H27N5O/c1-17-6-5-7-20(18(17)2)25-12-14-26(15-13-25)22(28)23-10-9-19-16-27-11-4-3-8-21(27)24-19/h3-8,11,16H,9-10,12-15H2,1-2H3,(H,23,28). The van der Waals surface area contributed by atoms with Gasteiger partial charge in [-0.25, -0.2) is 9.78 Å². The van der Waals surface area contributed by atoms with E-state index < -0.39 is 0 Å². The largest absolute Gasteiger partial charge is 0.368 e. The Kier molecular flexibility index (Phi) is 5.19. The number of pyridine rings is 1. The molecule has 0 spiro atoms. The molecule has 0 saturated carbocycles. The average Bonchev–Trinajstić information content (AvgIpc) is 3.13. The first-order valence-electron chi connectivity index (χ1n) is 9.88. The van der Waals surface area contributed by atoms with Gasteiger partial charge in [0.1, 0.15) is 5.65 Å². The lowest BCUT2D eigenvalue weighted by Crippen LogP contribution is -2.52. The number of nitrogens with one attached hydrogen (secondary N) is 1. The molecule has 6 heteroatoms. The number of imidazole rings is 1. The lowest BCUT2D eigenvalue weighted by molar-refractivity contribution is 0.194. The summed E-state index contributed by atoms with van der Waals surface area (Å²) in [6.45, 7) is 8.13. The van der Waals surface area contributed by atoms with Crippen molar-refractivity contribution in [3.63, 3.8) is 0 Å². The molecule has 3 aromatic rings. The number of fused-ring (bicyclic) bond motifs is 1. The highest BCUT2D eigenvalue weighted by Crippen LogP contribution is 2.23. The van der Waals surface area contributed by atoms with Crippen LogP contribution in [0.5, 0.6) is 0 Å². The van der Waals surface area contributed by atoms with Gasteiger partial charge in [0.05, 0.1) is 5.69 Å². The molecule has 1 N–H and O–H groups in total. The summed E-state index contributed by atoms with van der Waals surface area (Å²) in [5.74, 6) is 0. The Balaban J connectivity index is 1.26. The quantitative estimate of drug-likeness (QED) is 0.760. The van der Waals surface area contributed by atoms with Gasteiger partial charge < -0.3 is 19.5 Å². The Bertz CT molecular complexity index is 939. The number of anilines is 1. The van der Waals surface area contributed by atoms with Crippen LogP contribution in [0.15, 0.2) is 48.8 Å². The van der Waals surface area contributed by atoms with E-state index in [2.05, 4.69) is 47.2 Å². The Labute approximate surface area is 165 Å². The van der Waals surface area contributed by atoms with Crippen molar-refractivity contribution in [1.82, 2.24) is 19.6 Å².